The van der Waals surface area contributed by atoms with E-state index in [-0.39, 0.29) is 12.1 Å². The van der Waals surface area contributed by atoms with Crippen LogP contribution in [0.25, 0.3) is 0 Å². The fraction of sp³-hybridized carbons (Fsp3) is 0.278. The summed E-state index contributed by atoms with van der Waals surface area (Å²) >= 11 is 0. The molecule has 1 amide bonds. The maximum atomic E-state index is 12.7. The summed E-state index contributed by atoms with van der Waals surface area (Å²) in [6.45, 7) is 0.251. The first kappa shape index (κ1) is 18.8. The lowest BCUT2D eigenvalue weighted by Crippen LogP contribution is -2.31. The molecule has 134 valence electrons. The largest absolute Gasteiger partial charge is 0.497 e. The van der Waals surface area contributed by atoms with Crippen LogP contribution in [0.3, 0.4) is 0 Å². The average Bonchev–Trinajstić information content (AvgIpc) is 2.61. The van der Waals surface area contributed by atoms with Crippen LogP contribution in [0.15, 0.2) is 48.5 Å². The molecular weight excluding hydrogens is 335 g/mol. The van der Waals surface area contributed by atoms with E-state index in [1.54, 1.807) is 19.2 Å². The molecule has 0 spiro atoms. The molecule has 0 radical (unpaired) electrons. The van der Waals surface area contributed by atoms with E-state index in [9.17, 15) is 23.1 Å². The number of hydrogen-bond acceptors (Lipinski definition) is 3. The number of nitrogens with one attached hydrogen (secondary N) is 1. The Balaban J connectivity index is 1.91. The summed E-state index contributed by atoms with van der Waals surface area (Å²) in [7, 11) is 1.56. The molecule has 0 aromatic heterocycles. The molecule has 2 aromatic rings. The highest BCUT2D eigenvalue weighted by molar-refractivity contribution is 5.81. The minimum Gasteiger partial charge on any atom is -0.497 e. The maximum Gasteiger partial charge on any atom is 0.416 e. The third-order valence-electron chi connectivity index (χ3n) is 3.65. The van der Waals surface area contributed by atoms with Crippen LogP contribution in [0.5, 0.6) is 5.75 Å². The second-order valence-electron chi connectivity index (χ2n) is 5.41. The van der Waals surface area contributed by atoms with E-state index in [1.165, 1.54) is 6.07 Å². The molecule has 1 unspecified atom stereocenters. The second-order valence-corrected chi connectivity index (χ2v) is 5.41. The lowest BCUT2D eigenvalue weighted by atomic mass is 10.0. The number of carbonyl (C=O) groups excluding carboxylic acids is 1. The van der Waals surface area contributed by atoms with E-state index in [1.807, 2.05) is 12.1 Å². The van der Waals surface area contributed by atoms with Crippen molar-refractivity contribution in [2.45, 2.75) is 18.7 Å². The van der Waals surface area contributed by atoms with Crippen LogP contribution in [-0.2, 0) is 17.4 Å². The van der Waals surface area contributed by atoms with Crippen LogP contribution >= 0.6 is 0 Å². The standard InChI is InChI=1S/C18H18F3NO3/c1-25-15-7-5-12(6-8-15)9-10-22-17(24)16(23)13-3-2-4-14(11-13)18(19,20)21/h2-8,11,16,23H,9-10H2,1H3,(H,22,24). The van der Waals surface area contributed by atoms with Crippen LogP contribution in [-0.4, -0.2) is 24.7 Å². The molecule has 4 nitrogen and oxygen atoms in total. The number of methoxy groups -OCH3 is 1. The first-order valence-corrected chi connectivity index (χ1v) is 7.57. The van der Waals surface area contributed by atoms with Gasteiger partial charge in [0.25, 0.3) is 5.91 Å². The number of carbonyl (C=O) groups is 1. The van der Waals surface area contributed by atoms with Gasteiger partial charge in [0, 0.05) is 6.54 Å². The van der Waals surface area contributed by atoms with Crippen LogP contribution in [0, 0.1) is 0 Å². The molecule has 0 aliphatic carbocycles. The van der Waals surface area contributed by atoms with Crippen molar-refractivity contribution in [2.75, 3.05) is 13.7 Å². The molecule has 0 bridgehead atoms. The number of alkyl halides is 3. The Morgan fingerprint density at radius 2 is 1.88 bits per heavy atom. The van der Waals surface area contributed by atoms with E-state index in [4.69, 9.17) is 4.74 Å². The van der Waals surface area contributed by atoms with Gasteiger partial charge in [0.1, 0.15) is 5.75 Å². The molecule has 0 aliphatic heterocycles. The minimum atomic E-state index is -4.53. The lowest BCUT2D eigenvalue weighted by molar-refractivity contribution is -0.138. The van der Waals surface area contributed by atoms with E-state index in [2.05, 4.69) is 5.32 Å². The number of hydrogen-bond donors (Lipinski definition) is 2. The number of aliphatic hydroxyl groups is 1. The molecule has 25 heavy (non-hydrogen) atoms. The Morgan fingerprint density at radius 1 is 1.20 bits per heavy atom. The molecule has 0 saturated heterocycles. The fourth-order valence-electron chi connectivity index (χ4n) is 2.26. The Labute approximate surface area is 143 Å². The normalized spacial score (nSPS) is 12.5. The summed E-state index contributed by atoms with van der Waals surface area (Å²) in [5, 5.41) is 12.5. The van der Waals surface area contributed by atoms with Crippen molar-refractivity contribution in [3.8, 4) is 5.75 Å². The van der Waals surface area contributed by atoms with Gasteiger partial charge in [-0.1, -0.05) is 24.3 Å². The number of amides is 1. The van der Waals surface area contributed by atoms with Gasteiger partial charge in [0.15, 0.2) is 6.10 Å². The van der Waals surface area contributed by atoms with Crippen molar-refractivity contribution in [3.63, 3.8) is 0 Å². The first-order valence-electron chi connectivity index (χ1n) is 7.57. The van der Waals surface area contributed by atoms with Crippen molar-refractivity contribution in [2.24, 2.45) is 0 Å². The van der Waals surface area contributed by atoms with Crippen LogP contribution in [0.1, 0.15) is 22.8 Å². The second kappa shape index (κ2) is 8.02. The van der Waals surface area contributed by atoms with E-state index in [0.717, 1.165) is 23.8 Å². The van der Waals surface area contributed by atoms with Gasteiger partial charge in [-0.25, -0.2) is 0 Å². The molecule has 2 N–H and O–H groups in total. The molecule has 2 rings (SSSR count). The quantitative estimate of drug-likeness (QED) is 0.839. The zero-order chi connectivity index (χ0) is 18.4. The predicted molar refractivity (Wildman–Crippen MR) is 86.1 cm³/mol. The van der Waals surface area contributed by atoms with E-state index >= 15 is 0 Å². The summed E-state index contributed by atoms with van der Waals surface area (Å²) in [6.07, 6.45) is -5.66. The SMILES string of the molecule is COc1ccc(CCNC(=O)C(O)c2cccc(C(F)(F)F)c2)cc1. The smallest absolute Gasteiger partial charge is 0.416 e. The van der Waals surface area contributed by atoms with Gasteiger partial charge in [-0.05, 0) is 41.8 Å². The summed E-state index contributed by atoms with van der Waals surface area (Å²) < 4.78 is 43.1. The van der Waals surface area contributed by atoms with Gasteiger partial charge in [0.05, 0.1) is 12.7 Å². The van der Waals surface area contributed by atoms with Gasteiger partial charge < -0.3 is 15.2 Å². The van der Waals surface area contributed by atoms with Crippen LogP contribution < -0.4 is 10.1 Å². The van der Waals surface area contributed by atoms with E-state index in [0.29, 0.717) is 12.2 Å². The lowest BCUT2D eigenvalue weighted by Gasteiger charge is -2.14. The van der Waals surface area contributed by atoms with Gasteiger partial charge in [-0.2, -0.15) is 13.2 Å². The summed E-state index contributed by atoms with van der Waals surface area (Å²) in [4.78, 5) is 11.9. The monoisotopic (exact) mass is 353 g/mol. The summed E-state index contributed by atoms with van der Waals surface area (Å²) in [5.41, 5.74) is -0.0542. The summed E-state index contributed by atoms with van der Waals surface area (Å²) in [5.74, 6) is -0.0272. The van der Waals surface area contributed by atoms with Crippen molar-refractivity contribution >= 4 is 5.91 Å². The topological polar surface area (TPSA) is 58.6 Å². The van der Waals surface area contributed by atoms with Gasteiger partial charge in [-0.3, -0.25) is 4.79 Å². The third-order valence-corrected chi connectivity index (χ3v) is 3.65. The van der Waals surface area contributed by atoms with Crippen molar-refractivity contribution in [3.05, 3.63) is 65.2 Å². The molecule has 0 aliphatic rings. The van der Waals surface area contributed by atoms with E-state index < -0.39 is 23.8 Å². The highest BCUT2D eigenvalue weighted by Crippen LogP contribution is 2.30. The van der Waals surface area contributed by atoms with Crippen molar-refractivity contribution < 1.29 is 27.8 Å². The van der Waals surface area contributed by atoms with Crippen molar-refractivity contribution in [1.29, 1.82) is 0 Å². The van der Waals surface area contributed by atoms with Gasteiger partial charge >= 0.3 is 6.18 Å². The number of aliphatic hydroxyl groups excluding tert-OH is 1. The molecular formula is C18H18F3NO3. The summed E-state index contributed by atoms with van der Waals surface area (Å²) in [6, 6.07) is 11.4. The zero-order valence-corrected chi connectivity index (χ0v) is 13.5. The Kier molecular flexibility index (Phi) is 6.03. The zero-order valence-electron chi connectivity index (χ0n) is 13.5. The Hall–Kier alpha value is -2.54. The van der Waals surface area contributed by atoms with Gasteiger partial charge in [-0.15, -0.1) is 0 Å². The minimum absolute atomic E-state index is 0.100. The van der Waals surface area contributed by atoms with Gasteiger partial charge in [0.2, 0.25) is 0 Å². The number of benzene rings is 2. The van der Waals surface area contributed by atoms with Crippen LogP contribution in [0.4, 0.5) is 13.2 Å². The molecule has 0 fully saturated rings. The molecule has 1 atom stereocenters. The fourth-order valence-corrected chi connectivity index (χ4v) is 2.26. The maximum absolute atomic E-state index is 12.7. The number of ether oxygens (including phenoxy) is 1. The Morgan fingerprint density at radius 3 is 2.48 bits per heavy atom. The molecule has 0 heterocycles. The number of rotatable bonds is 6. The number of halogens is 3. The third kappa shape index (κ3) is 5.22. The average molecular weight is 353 g/mol. The van der Waals surface area contributed by atoms with Crippen molar-refractivity contribution in [1.82, 2.24) is 5.32 Å². The first-order chi connectivity index (χ1) is 11.8. The highest BCUT2D eigenvalue weighted by atomic mass is 19.4. The molecule has 0 saturated carbocycles. The Bertz CT molecular complexity index is 714. The molecule has 2 aromatic carbocycles. The molecule has 7 heteroatoms. The predicted octanol–water partition coefficient (Wildman–Crippen LogP) is 3.11. The highest BCUT2D eigenvalue weighted by Gasteiger charge is 2.31. The van der Waals surface area contributed by atoms with Crippen LogP contribution in [0.2, 0.25) is 0 Å².